The molecule has 2 N–H and O–H groups in total. The molecular weight excluding hydrogens is 393 g/mol. The highest BCUT2D eigenvalue weighted by Crippen LogP contribution is 2.18. The summed E-state index contributed by atoms with van der Waals surface area (Å²) < 4.78 is 1.76. The molecule has 2 atom stereocenters. The van der Waals surface area contributed by atoms with Gasteiger partial charge in [-0.05, 0) is 19.8 Å². The topological polar surface area (TPSA) is 70.4 Å². The van der Waals surface area contributed by atoms with E-state index in [-0.39, 0.29) is 24.0 Å². The van der Waals surface area contributed by atoms with Gasteiger partial charge in [0.05, 0.1) is 6.54 Å². The van der Waals surface area contributed by atoms with Crippen LogP contribution in [0.5, 0.6) is 0 Å². The zero-order valence-electron chi connectivity index (χ0n) is 14.1. The first-order valence-corrected chi connectivity index (χ1v) is 7.55. The van der Waals surface area contributed by atoms with Gasteiger partial charge in [-0.25, -0.2) is 4.98 Å². The predicted molar refractivity (Wildman–Crippen MR) is 99.4 cm³/mol. The summed E-state index contributed by atoms with van der Waals surface area (Å²) in [5, 5.41) is 10.9. The van der Waals surface area contributed by atoms with Gasteiger partial charge in [0, 0.05) is 39.3 Å². The van der Waals surface area contributed by atoms with Gasteiger partial charge in [0.1, 0.15) is 12.2 Å². The third kappa shape index (κ3) is 4.80. The summed E-state index contributed by atoms with van der Waals surface area (Å²) in [6, 6.07) is 1.02. The Morgan fingerprint density at radius 1 is 1.45 bits per heavy atom. The highest BCUT2D eigenvalue weighted by molar-refractivity contribution is 14.0. The number of aliphatic imine (C=N–C) groups is 1. The molecule has 126 valence electrons. The van der Waals surface area contributed by atoms with E-state index >= 15 is 0 Å². The van der Waals surface area contributed by atoms with Gasteiger partial charge in [-0.3, -0.25) is 14.6 Å². The smallest absolute Gasteiger partial charge is 0.191 e. The maximum absolute atomic E-state index is 4.30. The molecule has 0 aromatic carbocycles. The maximum atomic E-state index is 4.30. The van der Waals surface area contributed by atoms with Gasteiger partial charge in [-0.2, -0.15) is 5.10 Å². The number of rotatable bonds is 4. The standard InChI is InChI=1S/C14H27N7.HI/c1-10(2)21-7-11(3)12(8-21)19-14(15-4)16-6-13-17-9-18-20(13)5;/h9-12H,6-8H2,1-5H3,(H2,15,16,19);1H. The molecule has 2 heterocycles. The van der Waals surface area contributed by atoms with Crippen molar-refractivity contribution < 1.29 is 0 Å². The van der Waals surface area contributed by atoms with E-state index in [1.165, 1.54) is 0 Å². The van der Waals surface area contributed by atoms with Crippen LogP contribution in [0, 0.1) is 5.92 Å². The van der Waals surface area contributed by atoms with E-state index in [1.807, 2.05) is 7.05 Å². The van der Waals surface area contributed by atoms with E-state index < -0.39 is 0 Å². The van der Waals surface area contributed by atoms with Crippen LogP contribution in [0.2, 0.25) is 0 Å². The Kier molecular flexibility index (Phi) is 7.54. The third-order valence-electron chi connectivity index (χ3n) is 4.14. The average Bonchev–Trinajstić information content (AvgIpc) is 3.01. The highest BCUT2D eigenvalue weighted by atomic mass is 127. The minimum absolute atomic E-state index is 0. The van der Waals surface area contributed by atoms with Crippen LogP contribution < -0.4 is 10.6 Å². The molecule has 1 saturated heterocycles. The van der Waals surface area contributed by atoms with E-state index in [0.717, 1.165) is 24.9 Å². The lowest BCUT2D eigenvalue weighted by Gasteiger charge is -2.21. The second kappa shape index (κ2) is 8.66. The van der Waals surface area contributed by atoms with Gasteiger partial charge in [-0.15, -0.1) is 24.0 Å². The van der Waals surface area contributed by atoms with E-state index in [0.29, 0.717) is 24.5 Å². The normalized spacial score (nSPS) is 22.7. The SMILES string of the molecule is CN=C(NCc1ncnn1C)NC1CN(C(C)C)CC1C.I. The van der Waals surface area contributed by atoms with Gasteiger partial charge >= 0.3 is 0 Å². The van der Waals surface area contributed by atoms with Crippen LogP contribution in [0.3, 0.4) is 0 Å². The quantitative estimate of drug-likeness (QED) is 0.428. The van der Waals surface area contributed by atoms with Gasteiger partial charge in [0.25, 0.3) is 0 Å². The largest absolute Gasteiger partial charge is 0.352 e. The number of hydrogen-bond acceptors (Lipinski definition) is 4. The van der Waals surface area contributed by atoms with Gasteiger partial charge < -0.3 is 10.6 Å². The Hall–Kier alpha value is -0.900. The van der Waals surface area contributed by atoms with Crippen molar-refractivity contribution >= 4 is 29.9 Å². The molecule has 2 rings (SSSR count). The van der Waals surface area contributed by atoms with E-state index in [2.05, 4.69) is 51.4 Å². The zero-order chi connectivity index (χ0) is 15.4. The van der Waals surface area contributed by atoms with Gasteiger partial charge in [-0.1, -0.05) is 6.92 Å². The second-order valence-electron chi connectivity index (χ2n) is 6.00. The molecule has 7 nitrogen and oxygen atoms in total. The molecule has 22 heavy (non-hydrogen) atoms. The number of hydrogen-bond donors (Lipinski definition) is 2. The fourth-order valence-electron chi connectivity index (χ4n) is 2.63. The minimum Gasteiger partial charge on any atom is -0.352 e. The summed E-state index contributed by atoms with van der Waals surface area (Å²) in [5.74, 6) is 2.32. The van der Waals surface area contributed by atoms with Crippen molar-refractivity contribution in [3.05, 3.63) is 12.2 Å². The highest BCUT2D eigenvalue weighted by Gasteiger charge is 2.31. The van der Waals surface area contributed by atoms with Crippen LogP contribution in [0.4, 0.5) is 0 Å². The molecule has 2 unspecified atom stereocenters. The van der Waals surface area contributed by atoms with Crippen LogP contribution >= 0.6 is 24.0 Å². The summed E-state index contributed by atoms with van der Waals surface area (Å²) in [6.07, 6.45) is 1.56. The molecule has 1 aromatic heterocycles. The van der Waals surface area contributed by atoms with Crippen LogP contribution in [-0.2, 0) is 13.6 Å². The zero-order valence-corrected chi connectivity index (χ0v) is 16.4. The summed E-state index contributed by atoms with van der Waals surface area (Å²) in [7, 11) is 3.69. The number of guanidine groups is 1. The van der Waals surface area contributed by atoms with Crippen LogP contribution in [0.25, 0.3) is 0 Å². The van der Waals surface area contributed by atoms with E-state index in [4.69, 9.17) is 0 Å². The van der Waals surface area contributed by atoms with Gasteiger partial charge in [0.15, 0.2) is 5.96 Å². The molecule has 0 spiro atoms. The molecule has 0 radical (unpaired) electrons. The molecule has 1 fully saturated rings. The Bertz CT molecular complexity index is 485. The fourth-order valence-corrected chi connectivity index (χ4v) is 2.63. The monoisotopic (exact) mass is 421 g/mol. The van der Waals surface area contributed by atoms with Crippen LogP contribution in [0.1, 0.15) is 26.6 Å². The molecule has 0 bridgehead atoms. The lowest BCUT2D eigenvalue weighted by Crippen LogP contribution is -2.46. The number of nitrogens with one attached hydrogen (secondary N) is 2. The third-order valence-corrected chi connectivity index (χ3v) is 4.14. The lowest BCUT2D eigenvalue weighted by atomic mass is 10.1. The second-order valence-corrected chi connectivity index (χ2v) is 6.00. The minimum atomic E-state index is 0. The summed E-state index contributed by atoms with van der Waals surface area (Å²) >= 11 is 0. The van der Waals surface area contributed by atoms with E-state index in [9.17, 15) is 0 Å². The van der Waals surface area contributed by atoms with Crippen LogP contribution in [0.15, 0.2) is 11.3 Å². The first-order chi connectivity index (χ1) is 10.0. The number of aryl methyl sites for hydroxylation is 1. The predicted octanol–water partition coefficient (Wildman–Crippen LogP) is 0.827. The fraction of sp³-hybridized carbons (Fsp3) is 0.786. The number of halogens is 1. The summed E-state index contributed by atoms with van der Waals surface area (Å²) in [4.78, 5) is 11.0. The van der Waals surface area contributed by atoms with E-state index in [1.54, 1.807) is 18.1 Å². The number of likely N-dealkylation sites (tertiary alicyclic amines) is 1. The van der Waals surface area contributed by atoms with Crippen molar-refractivity contribution in [3.63, 3.8) is 0 Å². The molecule has 1 aliphatic heterocycles. The molecule has 0 aliphatic carbocycles. The first-order valence-electron chi connectivity index (χ1n) is 7.55. The molecule has 1 aliphatic rings. The summed E-state index contributed by atoms with van der Waals surface area (Å²) in [6.45, 7) is 9.59. The Morgan fingerprint density at radius 2 is 2.18 bits per heavy atom. The van der Waals surface area contributed by atoms with Crippen molar-refractivity contribution in [2.24, 2.45) is 18.0 Å². The number of aromatic nitrogens is 3. The van der Waals surface area contributed by atoms with Crippen molar-refractivity contribution in [1.29, 1.82) is 0 Å². The Labute approximate surface area is 150 Å². The molecular formula is C14H28IN7. The molecule has 1 aromatic rings. The average molecular weight is 421 g/mol. The Balaban J connectivity index is 0.00000242. The molecule has 0 saturated carbocycles. The first kappa shape index (κ1) is 19.1. The van der Waals surface area contributed by atoms with Crippen molar-refractivity contribution in [2.45, 2.75) is 39.4 Å². The lowest BCUT2D eigenvalue weighted by molar-refractivity contribution is 0.265. The van der Waals surface area contributed by atoms with Crippen molar-refractivity contribution in [1.82, 2.24) is 30.3 Å². The van der Waals surface area contributed by atoms with Crippen molar-refractivity contribution in [2.75, 3.05) is 20.1 Å². The molecule has 8 heteroatoms. The van der Waals surface area contributed by atoms with Gasteiger partial charge in [0.2, 0.25) is 0 Å². The van der Waals surface area contributed by atoms with Crippen LogP contribution in [-0.4, -0.2) is 57.8 Å². The Morgan fingerprint density at radius 3 is 2.68 bits per heavy atom. The number of nitrogens with zero attached hydrogens (tertiary/aromatic N) is 5. The van der Waals surface area contributed by atoms with Crippen molar-refractivity contribution in [3.8, 4) is 0 Å². The maximum Gasteiger partial charge on any atom is 0.191 e. The summed E-state index contributed by atoms with van der Waals surface area (Å²) in [5.41, 5.74) is 0. The molecule has 0 amide bonds.